The van der Waals surface area contributed by atoms with Crippen LogP contribution in [0.1, 0.15) is 45.4 Å². The van der Waals surface area contributed by atoms with Crippen molar-refractivity contribution >= 4 is 5.96 Å². The molecule has 5 heteroatoms. The predicted octanol–water partition coefficient (Wildman–Crippen LogP) is 2.09. The number of nitrogens with one attached hydrogen (secondary N) is 2. The van der Waals surface area contributed by atoms with Crippen molar-refractivity contribution in [2.45, 2.75) is 45.4 Å². The molecule has 1 aliphatic carbocycles. The summed E-state index contributed by atoms with van der Waals surface area (Å²) in [6.45, 7) is 6.84. The highest BCUT2D eigenvalue weighted by molar-refractivity contribution is 5.79. The van der Waals surface area contributed by atoms with E-state index in [2.05, 4.69) is 41.5 Å². The molecular weight excluding hydrogens is 276 g/mol. The standard InChI is InChI=1S/C17H36N4O/c1-5-22-14-11-17(9-6-7-10-17)15-20-16(18-2)19-12-8-13-21(3)4/h5-15H2,1-4H3,(H2,18,19,20). The number of nitrogens with zero attached hydrogens (tertiary/aromatic N) is 2. The van der Waals surface area contributed by atoms with Gasteiger partial charge in [0, 0.05) is 33.4 Å². The van der Waals surface area contributed by atoms with Crippen molar-refractivity contribution in [1.82, 2.24) is 15.5 Å². The summed E-state index contributed by atoms with van der Waals surface area (Å²) in [6.07, 6.45) is 7.61. The van der Waals surface area contributed by atoms with E-state index in [9.17, 15) is 0 Å². The highest BCUT2D eigenvalue weighted by Crippen LogP contribution is 2.40. The summed E-state index contributed by atoms with van der Waals surface area (Å²) in [4.78, 5) is 6.55. The van der Waals surface area contributed by atoms with Crippen molar-refractivity contribution in [3.05, 3.63) is 0 Å². The molecule has 1 saturated carbocycles. The fourth-order valence-electron chi connectivity index (χ4n) is 3.17. The number of hydrogen-bond acceptors (Lipinski definition) is 3. The molecule has 0 heterocycles. The van der Waals surface area contributed by atoms with E-state index >= 15 is 0 Å². The van der Waals surface area contributed by atoms with Crippen LogP contribution in [-0.2, 0) is 4.74 Å². The van der Waals surface area contributed by atoms with Crippen LogP contribution in [0.2, 0.25) is 0 Å². The lowest BCUT2D eigenvalue weighted by Crippen LogP contribution is -2.44. The quantitative estimate of drug-likeness (QED) is 0.368. The van der Waals surface area contributed by atoms with Crippen molar-refractivity contribution in [3.8, 4) is 0 Å². The fourth-order valence-corrected chi connectivity index (χ4v) is 3.17. The zero-order chi connectivity index (χ0) is 16.3. The summed E-state index contributed by atoms with van der Waals surface area (Å²) in [7, 11) is 6.06. The van der Waals surface area contributed by atoms with Crippen molar-refractivity contribution in [2.24, 2.45) is 10.4 Å². The van der Waals surface area contributed by atoms with Crippen LogP contribution in [-0.4, -0.2) is 64.9 Å². The van der Waals surface area contributed by atoms with Gasteiger partial charge in [0.25, 0.3) is 0 Å². The first-order chi connectivity index (χ1) is 10.6. The molecule has 0 spiro atoms. The number of aliphatic imine (C=N–C) groups is 1. The lowest BCUT2D eigenvalue weighted by Gasteiger charge is -2.30. The molecule has 22 heavy (non-hydrogen) atoms. The maximum Gasteiger partial charge on any atom is 0.190 e. The van der Waals surface area contributed by atoms with E-state index in [-0.39, 0.29) is 0 Å². The van der Waals surface area contributed by atoms with Gasteiger partial charge in [0.15, 0.2) is 5.96 Å². The molecule has 0 aromatic heterocycles. The number of hydrogen-bond donors (Lipinski definition) is 2. The Balaban J connectivity index is 2.32. The normalized spacial score (nSPS) is 18.0. The predicted molar refractivity (Wildman–Crippen MR) is 94.5 cm³/mol. The molecule has 0 saturated heterocycles. The Morgan fingerprint density at radius 2 is 1.95 bits per heavy atom. The van der Waals surface area contributed by atoms with E-state index in [0.717, 1.165) is 51.6 Å². The molecule has 0 aliphatic heterocycles. The van der Waals surface area contributed by atoms with Gasteiger partial charge in [-0.05, 0) is 58.7 Å². The maximum absolute atomic E-state index is 5.58. The van der Waals surface area contributed by atoms with Crippen LogP contribution >= 0.6 is 0 Å². The monoisotopic (exact) mass is 312 g/mol. The number of guanidine groups is 1. The van der Waals surface area contributed by atoms with E-state index in [1.54, 1.807) is 0 Å². The maximum atomic E-state index is 5.58. The molecule has 1 fully saturated rings. The highest BCUT2D eigenvalue weighted by Gasteiger charge is 2.33. The van der Waals surface area contributed by atoms with E-state index in [0.29, 0.717) is 5.41 Å². The SMILES string of the molecule is CCOCCC1(CNC(=NC)NCCCN(C)C)CCCC1. The Morgan fingerprint density at radius 3 is 2.55 bits per heavy atom. The van der Waals surface area contributed by atoms with Crippen LogP contribution in [0.15, 0.2) is 4.99 Å². The van der Waals surface area contributed by atoms with Gasteiger partial charge in [-0.25, -0.2) is 0 Å². The van der Waals surface area contributed by atoms with Gasteiger partial charge in [0.05, 0.1) is 0 Å². The minimum Gasteiger partial charge on any atom is -0.382 e. The molecule has 2 N–H and O–H groups in total. The third kappa shape index (κ3) is 7.45. The van der Waals surface area contributed by atoms with Crippen LogP contribution in [0.5, 0.6) is 0 Å². The summed E-state index contributed by atoms with van der Waals surface area (Å²) < 4.78 is 5.58. The molecule has 0 aromatic carbocycles. The summed E-state index contributed by atoms with van der Waals surface area (Å²) in [5.41, 5.74) is 0.399. The Morgan fingerprint density at radius 1 is 1.23 bits per heavy atom. The molecule has 130 valence electrons. The molecule has 0 atom stereocenters. The van der Waals surface area contributed by atoms with Gasteiger partial charge in [-0.1, -0.05) is 12.8 Å². The Labute approximate surface area is 136 Å². The van der Waals surface area contributed by atoms with Crippen molar-refractivity contribution in [2.75, 3.05) is 54.0 Å². The van der Waals surface area contributed by atoms with Crippen LogP contribution in [0.3, 0.4) is 0 Å². The molecule has 0 radical (unpaired) electrons. The highest BCUT2D eigenvalue weighted by atomic mass is 16.5. The van der Waals surface area contributed by atoms with Gasteiger partial charge >= 0.3 is 0 Å². The van der Waals surface area contributed by atoms with Gasteiger partial charge in [-0.2, -0.15) is 0 Å². The summed E-state index contributed by atoms with van der Waals surface area (Å²) in [5.74, 6) is 0.932. The second kappa shape index (κ2) is 10.8. The summed E-state index contributed by atoms with van der Waals surface area (Å²) >= 11 is 0. The third-order valence-electron chi connectivity index (χ3n) is 4.57. The van der Waals surface area contributed by atoms with E-state index in [1.165, 1.54) is 25.7 Å². The molecule has 1 rings (SSSR count). The Bertz CT molecular complexity index is 312. The molecule has 0 unspecified atom stereocenters. The van der Waals surface area contributed by atoms with Crippen molar-refractivity contribution in [3.63, 3.8) is 0 Å². The molecule has 1 aliphatic rings. The second-order valence-electron chi connectivity index (χ2n) is 6.66. The van der Waals surface area contributed by atoms with Gasteiger partial charge < -0.3 is 20.3 Å². The summed E-state index contributed by atoms with van der Waals surface area (Å²) in [6, 6.07) is 0. The zero-order valence-corrected chi connectivity index (χ0v) is 15.1. The lowest BCUT2D eigenvalue weighted by molar-refractivity contribution is 0.105. The van der Waals surface area contributed by atoms with Gasteiger partial charge in [0.2, 0.25) is 0 Å². The molecule has 0 aromatic rings. The lowest BCUT2D eigenvalue weighted by atomic mass is 9.83. The van der Waals surface area contributed by atoms with Gasteiger partial charge in [-0.3, -0.25) is 4.99 Å². The van der Waals surface area contributed by atoms with Crippen LogP contribution in [0.25, 0.3) is 0 Å². The second-order valence-corrected chi connectivity index (χ2v) is 6.66. The first kappa shape index (κ1) is 19.2. The largest absolute Gasteiger partial charge is 0.382 e. The Kier molecular flexibility index (Phi) is 9.48. The topological polar surface area (TPSA) is 48.9 Å². The van der Waals surface area contributed by atoms with E-state index < -0.39 is 0 Å². The molecule has 0 bridgehead atoms. The smallest absolute Gasteiger partial charge is 0.190 e. The average molecular weight is 313 g/mol. The first-order valence-electron chi connectivity index (χ1n) is 8.79. The molecular formula is C17H36N4O. The van der Waals surface area contributed by atoms with Crippen LogP contribution < -0.4 is 10.6 Å². The minimum absolute atomic E-state index is 0.399. The fraction of sp³-hybridized carbons (Fsp3) is 0.941. The number of rotatable bonds is 10. The number of ether oxygens (including phenoxy) is 1. The molecule has 0 amide bonds. The third-order valence-corrected chi connectivity index (χ3v) is 4.57. The van der Waals surface area contributed by atoms with E-state index in [4.69, 9.17) is 4.74 Å². The van der Waals surface area contributed by atoms with Gasteiger partial charge in [-0.15, -0.1) is 0 Å². The average Bonchev–Trinajstić information content (AvgIpc) is 2.96. The first-order valence-corrected chi connectivity index (χ1v) is 8.79. The van der Waals surface area contributed by atoms with Crippen LogP contribution in [0, 0.1) is 5.41 Å². The minimum atomic E-state index is 0.399. The van der Waals surface area contributed by atoms with Crippen molar-refractivity contribution in [1.29, 1.82) is 0 Å². The zero-order valence-electron chi connectivity index (χ0n) is 15.1. The van der Waals surface area contributed by atoms with E-state index in [1.807, 2.05) is 7.05 Å². The van der Waals surface area contributed by atoms with Crippen molar-refractivity contribution < 1.29 is 4.74 Å². The van der Waals surface area contributed by atoms with Crippen LogP contribution in [0.4, 0.5) is 0 Å². The summed E-state index contributed by atoms with van der Waals surface area (Å²) in [5, 5.41) is 6.95. The van der Waals surface area contributed by atoms with Gasteiger partial charge in [0.1, 0.15) is 0 Å². The molecule has 5 nitrogen and oxygen atoms in total. The Hall–Kier alpha value is -0.810.